The van der Waals surface area contributed by atoms with Gasteiger partial charge in [0.05, 0.1) is 6.10 Å². The van der Waals surface area contributed by atoms with Gasteiger partial charge in [-0.25, -0.2) is 0 Å². The molecule has 2 nitrogen and oxygen atoms in total. The second-order valence-corrected chi connectivity index (χ2v) is 16.0. The summed E-state index contributed by atoms with van der Waals surface area (Å²) < 4.78 is 5.36. The first-order valence-corrected chi connectivity index (χ1v) is 16.7. The molecule has 3 saturated carbocycles. The molecule has 0 saturated heterocycles. The molecule has 222 valence electrons. The van der Waals surface area contributed by atoms with Crippen LogP contribution in [0.2, 0.25) is 0 Å². The van der Waals surface area contributed by atoms with Crippen LogP contribution in [0.5, 0.6) is 0 Å². The van der Waals surface area contributed by atoms with E-state index in [0.29, 0.717) is 22.7 Å². The average Bonchev–Trinajstić information content (AvgIpc) is 3.20. The van der Waals surface area contributed by atoms with E-state index in [2.05, 4.69) is 75.3 Å². The van der Waals surface area contributed by atoms with Gasteiger partial charge in [-0.1, -0.05) is 93.7 Å². The minimum absolute atomic E-state index is 0.0790. The summed E-state index contributed by atoms with van der Waals surface area (Å²) in [7, 11) is 0. The molecular formula is C36H66O2. The fraction of sp³-hybridized carbons (Fsp3) is 0.944. The standard InChI is InChI=1S/C28H48O.C8H18O/c1-18(2)19(3)7-8-20(4)24-11-12-25-23-10-9-21-17-22(29)13-15-27(21,5)26(23)14-16-28(24,25)6;1-7(2)5-9-6-8(3)4/h9,18-20,22-26,29H,7-8,10-17H2,1-6H3;7-8H,5-6H2,1-4H3/t19-,20-,22+,23+,24-,25+,26+,27+,28-;/m1./s1. The first-order valence-electron chi connectivity index (χ1n) is 16.7. The molecule has 0 amide bonds. The molecule has 4 rings (SSSR count). The Labute approximate surface area is 238 Å². The molecule has 2 heteroatoms. The molecule has 0 bridgehead atoms. The summed E-state index contributed by atoms with van der Waals surface area (Å²) in [6.45, 7) is 25.5. The van der Waals surface area contributed by atoms with E-state index in [1.807, 2.05) is 0 Å². The van der Waals surface area contributed by atoms with Crippen LogP contribution >= 0.6 is 0 Å². The molecule has 0 spiro atoms. The lowest BCUT2D eigenvalue weighted by molar-refractivity contribution is -0.0574. The van der Waals surface area contributed by atoms with Crippen molar-refractivity contribution >= 4 is 0 Å². The predicted octanol–water partition coefficient (Wildman–Crippen LogP) is 9.95. The Morgan fingerprint density at radius 1 is 0.842 bits per heavy atom. The van der Waals surface area contributed by atoms with Gasteiger partial charge in [0.1, 0.15) is 0 Å². The first-order chi connectivity index (χ1) is 17.8. The van der Waals surface area contributed by atoms with Crippen molar-refractivity contribution in [3.05, 3.63) is 11.6 Å². The summed E-state index contributed by atoms with van der Waals surface area (Å²) in [6, 6.07) is 0. The number of hydrogen-bond acceptors (Lipinski definition) is 2. The Hall–Kier alpha value is -0.340. The van der Waals surface area contributed by atoms with Crippen LogP contribution in [-0.4, -0.2) is 24.4 Å². The zero-order valence-corrected chi connectivity index (χ0v) is 27.2. The van der Waals surface area contributed by atoms with E-state index >= 15 is 0 Å². The van der Waals surface area contributed by atoms with Gasteiger partial charge in [-0.05, 0) is 115 Å². The van der Waals surface area contributed by atoms with Crippen molar-refractivity contribution in [2.24, 2.45) is 64.1 Å². The third-order valence-electron chi connectivity index (χ3n) is 12.0. The van der Waals surface area contributed by atoms with Gasteiger partial charge in [0.25, 0.3) is 0 Å². The van der Waals surface area contributed by atoms with Crippen LogP contribution in [0.25, 0.3) is 0 Å². The first kappa shape index (κ1) is 32.2. The normalized spacial score (nSPS) is 38.2. The second kappa shape index (κ2) is 13.5. The van der Waals surface area contributed by atoms with Crippen molar-refractivity contribution in [3.8, 4) is 0 Å². The van der Waals surface area contributed by atoms with Crippen molar-refractivity contribution in [3.63, 3.8) is 0 Å². The van der Waals surface area contributed by atoms with Crippen LogP contribution in [0, 0.1) is 64.1 Å². The highest BCUT2D eigenvalue weighted by Crippen LogP contribution is 2.67. The highest BCUT2D eigenvalue weighted by molar-refractivity contribution is 5.25. The summed E-state index contributed by atoms with van der Waals surface area (Å²) in [5.41, 5.74) is 2.59. The van der Waals surface area contributed by atoms with E-state index in [4.69, 9.17) is 4.74 Å². The van der Waals surface area contributed by atoms with E-state index in [-0.39, 0.29) is 6.10 Å². The third-order valence-corrected chi connectivity index (χ3v) is 12.0. The smallest absolute Gasteiger partial charge is 0.0577 e. The zero-order chi connectivity index (χ0) is 28.3. The van der Waals surface area contributed by atoms with Crippen LogP contribution in [-0.2, 0) is 4.74 Å². The molecule has 1 N–H and O–H groups in total. The Kier molecular flexibility index (Phi) is 11.5. The highest BCUT2D eigenvalue weighted by Gasteiger charge is 2.59. The van der Waals surface area contributed by atoms with Crippen LogP contribution < -0.4 is 0 Å². The van der Waals surface area contributed by atoms with Gasteiger partial charge >= 0.3 is 0 Å². The molecule has 38 heavy (non-hydrogen) atoms. The summed E-state index contributed by atoms with van der Waals surface area (Å²) >= 11 is 0. The number of ether oxygens (including phenoxy) is 1. The monoisotopic (exact) mass is 531 g/mol. The van der Waals surface area contributed by atoms with E-state index in [0.717, 1.165) is 67.5 Å². The van der Waals surface area contributed by atoms with Gasteiger partial charge in [-0.3, -0.25) is 0 Å². The molecule has 3 fully saturated rings. The van der Waals surface area contributed by atoms with Gasteiger partial charge in [0.2, 0.25) is 0 Å². The maximum atomic E-state index is 10.2. The number of allylic oxidation sites excluding steroid dienone is 1. The lowest BCUT2D eigenvalue weighted by Crippen LogP contribution is -2.50. The summed E-state index contributed by atoms with van der Waals surface area (Å²) in [6.07, 6.45) is 15.7. The van der Waals surface area contributed by atoms with Crippen LogP contribution in [0.3, 0.4) is 0 Å². The number of hydrogen-bond donors (Lipinski definition) is 1. The quantitative estimate of drug-likeness (QED) is 0.300. The molecule has 0 radical (unpaired) electrons. The lowest BCUT2D eigenvalue weighted by atomic mass is 9.47. The largest absolute Gasteiger partial charge is 0.393 e. The summed E-state index contributed by atoms with van der Waals surface area (Å²) in [5, 5.41) is 10.2. The molecule has 0 aromatic carbocycles. The number of rotatable bonds is 9. The van der Waals surface area contributed by atoms with Gasteiger partial charge in [0.15, 0.2) is 0 Å². The van der Waals surface area contributed by atoms with E-state index < -0.39 is 0 Å². The third kappa shape index (κ3) is 7.29. The topological polar surface area (TPSA) is 29.5 Å². The Morgan fingerprint density at radius 2 is 1.50 bits per heavy atom. The van der Waals surface area contributed by atoms with Crippen molar-refractivity contribution in [2.45, 2.75) is 140 Å². The average molecular weight is 531 g/mol. The lowest BCUT2D eigenvalue weighted by Gasteiger charge is -2.58. The van der Waals surface area contributed by atoms with Crippen molar-refractivity contribution < 1.29 is 9.84 Å². The fourth-order valence-corrected chi connectivity index (χ4v) is 9.22. The van der Waals surface area contributed by atoms with E-state index in [9.17, 15) is 5.11 Å². The molecule has 9 atom stereocenters. The summed E-state index contributed by atoms with van der Waals surface area (Å²) in [5.74, 6) is 7.58. The molecule has 4 aliphatic carbocycles. The molecule has 0 heterocycles. The van der Waals surface area contributed by atoms with Crippen LogP contribution in [0.1, 0.15) is 133 Å². The Morgan fingerprint density at radius 3 is 2.11 bits per heavy atom. The number of fused-ring (bicyclic) bond motifs is 5. The molecule has 4 aliphatic rings. The number of aliphatic hydroxyl groups is 1. The molecule has 0 aliphatic heterocycles. The molecule has 0 aromatic heterocycles. The molecular weight excluding hydrogens is 464 g/mol. The SMILES string of the molecule is CC(C)COCC(C)C.CC(C)[C@H](C)CC[C@@H](C)[C@H]1CC[C@H]2[C@@H]3CC=C4C[C@@H](O)CC[C@]4(C)[C@H]3CC[C@]12C. The fourth-order valence-electron chi connectivity index (χ4n) is 9.22. The van der Waals surface area contributed by atoms with E-state index in [1.54, 1.807) is 5.57 Å². The zero-order valence-electron chi connectivity index (χ0n) is 27.2. The maximum Gasteiger partial charge on any atom is 0.0577 e. The van der Waals surface area contributed by atoms with Gasteiger partial charge < -0.3 is 9.84 Å². The minimum Gasteiger partial charge on any atom is -0.393 e. The second-order valence-electron chi connectivity index (χ2n) is 16.0. The van der Waals surface area contributed by atoms with Crippen molar-refractivity contribution in [1.29, 1.82) is 0 Å². The predicted molar refractivity (Wildman–Crippen MR) is 164 cm³/mol. The van der Waals surface area contributed by atoms with Gasteiger partial charge in [-0.2, -0.15) is 0 Å². The minimum atomic E-state index is -0.0790. The Balaban J connectivity index is 0.000000383. The van der Waals surface area contributed by atoms with E-state index in [1.165, 1.54) is 51.4 Å². The van der Waals surface area contributed by atoms with Gasteiger partial charge in [-0.15, -0.1) is 0 Å². The Bertz CT molecular complexity index is 744. The summed E-state index contributed by atoms with van der Waals surface area (Å²) in [4.78, 5) is 0. The van der Waals surface area contributed by atoms with Crippen LogP contribution in [0.15, 0.2) is 11.6 Å². The van der Waals surface area contributed by atoms with Crippen molar-refractivity contribution in [1.82, 2.24) is 0 Å². The number of aliphatic hydroxyl groups excluding tert-OH is 1. The molecule has 0 unspecified atom stereocenters. The maximum absolute atomic E-state index is 10.2. The molecule has 0 aromatic rings. The van der Waals surface area contributed by atoms with Gasteiger partial charge in [0, 0.05) is 13.2 Å². The van der Waals surface area contributed by atoms with Crippen molar-refractivity contribution in [2.75, 3.05) is 13.2 Å². The van der Waals surface area contributed by atoms with Crippen LogP contribution in [0.4, 0.5) is 0 Å². The highest BCUT2D eigenvalue weighted by atomic mass is 16.5.